The van der Waals surface area contributed by atoms with Gasteiger partial charge in [0.05, 0.1) is 11.4 Å². The number of nitrogen functional groups attached to an aromatic ring is 1. The molecule has 1 aliphatic heterocycles. The fourth-order valence-electron chi connectivity index (χ4n) is 2.92. The number of carbonyl (C=O) groups excluding carboxylic acids is 1. The first-order valence-corrected chi connectivity index (χ1v) is 9.00. The first-order valence-electron chi connectivity index (χ1n) is 9.00. The minimum atomic E-state index is -0.519. The molecule has 1 aliphatic rings. The number of hydrogen-bond acceptors (Lipinski definition) is 5. The van der Waals surface area contributed by atoms with Gasteiger partial charge in [-0.1, -0.05) is 6.07 Å². The van der Waals surface area contributed by atoms with Crippen LogP contribution in [-0.2, 0) is 16.0 Å². The van der Waals surface area contributed by atoms with Crippen LogP contribution in [0.2, 0.25) is 0 Å². The van der Waals surface area contributed by atoms with Gasteiger partial charge < -0.3 is 25.4 Å². The van der Waals surface area contributed by atoms with Crippen LogP contribution in [-0.4, -0.2) is 42.4 Å². The summed E-state index contributed by atoms with van der Waals surface area (Å²) >= 11 is 0. The number of rotatable bonds is 5. The van der Waals surface area contributed by atoms with Crippen LogP contribution in [0, 0.1) is 0 Å². The van der Waals surface area contributed by atoms with Gasteiger partial charge in [-0.05, 0) is 58.2 Å². The van der Waals surface area contributed by atoms with E-state index in [1.54, 1.807) is 0 Å². The zero-order valence-corrected chi connectivity index (χ0v) is 15.8. The lowest BCUT2D eigenvalue weighted by Crippen LogP contribution is -2.45. The summed E-state index contributed by atoms with van der Waals surface area (Å²) in [4.78, 5) is 14.6. The van der Waals surface area contributed by atoms with Crippen LogP contribution in [0.4, 0.5) is 16.2 Å². The lowest BCUT2D eigenvalue weighted by molar-refractivity contribution is -0.00808. The quantitative estimate of drug-likeness (QED) is 0.794. The molecular weight excluding hydrogens is 318 g/mol. The summed E-state index contributed by atoms with van der Waals surface area (Å²) in [6.07, 6.45) is 1.36. The Morgan fingerprint density at radius 2 is 2.04 bits per heavy atom. The van der Waals surface area contributed by atoms with Crippen molar-refractivity contribution < 1.29 is 14.3 Å². The molecule has 0 spiro atoms. The van der Waals surface area contributed by atoms with Crippen LogP contribution >= 0.6 is 0 Å². The molecule has 2 rings (SSSR count). The number of amides is 1. The molecule has 1 amide bonds. The second-order valence-electron chi connectivity index (χ2n) is 7.40. The van der Waals surface area contributed by atoms with E-state index in [-0.39, 0.29) is 12.1 Å². The van der Waals surface area contributed by atoms with Crippen molar-refractivity contribution in [2.24, 2.45) is 0 Å². The molecule has 25 heavy (non-hydrogen) atoms. The summed E-state index contributed by atoms with van der Waals surface area (Å²) in [7, 11) is 0. The summed E-state index contributed by atoms with van der Waals surface area (Å²) in [6.45, 7) is 10.3. The Morgan fingerprint density at radius 3 is 2.60 bits per heavy atom. The number of nitrogens with two attached hydrogens (primary N) is 1. The number of ether oxygens (including phenoxy) is 2. The normalized spacial score (nSPS) is 15.7. The number of nitrogens with one attached hydrogen (secondary N) is 1. The van der Waals surface area contributed by atoms with Gasteiger partial charge in [0.2, 0.25) is 0 Å². The highest BCUT2D eigenvalue weighted by Gasteiger charge is 2.29. The monoisotopic (exact) mass is 349 g/mol. The van der Waals surface area contributed by atoms with Crippen LogP contribution in [0.25, 0.3) is 0 Å². The van der Waals surface area contributed by atoms with Crippen LogP contribution in [0.5, 0.6) is 0 Å². The predicted octanol–water partition coefficient (Wildman–Crippen LogP) is 3.62. The van der Waals surface area contributed by atoms with E-state index in [9.17, 15) is 4.79 Å². The Morgan fingerprint density at radius 1 is 1.36 bits per heavy atom. The molecule has 1 heterocycles. The third-order valence-corrected chi connectivity index (χ3v) is 4.10. The lowest BCUT2D eigenvalue weighted by Gasteiger charge is -2.35. The number of benzene rings is 1. The Hall–Kier alpha value is -1.95. The molecule has 140 valence electrons. The maximum absolute atomic E-state index is 12.7. The number of hydrogen-bond donors (Lipinski definition) is 2. The molecule has 1 aromatic carbocycles. The van der Waals surface area contributed by atoms with Crippen molar-refractivity contribution in [1.82, 2.24) is 4.90 Å². The Bertz CT molecular complexity index is 578. The van der Waals surface area contributed by atoms with Gasteiger partial charge in [0.1, 0.15) is 5.60 Å². The van der Waals surface area contributed by atoms with Gasteiger partial charge in [-0.3, -0.25) is 0 Å². The standard InChI is InChI=1S/C19H31N3O3/c1-5-21-17-7-6-14(12-16(17)20)13-22(15-8-10-24-11-9-15)18(23)25-19(2,3)4/h6-7,12,15,21H,5,8-11,13,20H2,1-4H3. The zero-order chi connectivity index (χ0) is 18.4. The topological polar surface area (TPSA) is 76.8 Å². The Labute approximate surface area is 150 Å². The molecule has 0 aromatic heterocycles. The summed E-state index contributed by atoms with van der Waals surface area (Å²) < 4.78 is 11.1. The van der Waals surface area contributed by atoms with Crippen LogP contribution < -0.4 is 11.1 Å². The van der Waals surface area contributed by atoms with E-state index in [2.05, 4.69) is 5.32 Å². The van der Waals surface area contributed by atoms with E-state index in [0.29, 0.717) is 25.4 Å². The van der Waals surface area contributed by atoms with Crippen molar-refractivity contribution >= 4 is 17.5 Å². The Kier molecular flexibility index (Phi) is 6.53. The minimum absolute atomic E-state index is 0.123. The molecule has 1 fully saturated rings. The summed E-state index contributed by atoms with van der Waals surface area (Å²) in [5, 5.41) is 3.23. The van der Waals surface area contributed by atoms with E-state index >= 15 is 0 Å². The van der Waals surface area contributed by atoms with Gasteiger partial charge in [0, 0.05) is 32.3 Å². The lowest BCUT2D eigenvalue weighted by atomic mass is 10.1. The van der Waals surface area contributed by atoms with Crippen LogP contribution in [0.3, 0.4) is 0 Å². The van der Waals surface area contributed by atoms with Gasteiger partial charge in [-0.2, -0.15) is 0 Å². The van der Waals surface area contributed by atoms with E-state index in [4.69, 9.17) is 15.2 Å². The summed E-state index contributed by atoms with van der Waals surface area (Å²) in [6, 6.07) is 6.02. The molecule has 1 aromatic rings. The average molecular weight is 349 g/mol. The van der Waals surface area contributed by atoms with E-state index in [0.717, 1.165) is 30.6 Å². The molecule has 1 saturated heterocycles. The third kappa shape index (κ3) is 5.81. The molecule has 6 nitrogen and oxygen atoms in total. The first-order chi connectivity index (χ1) is 11.8. The highest BCUT2D eigenvalue weighted by atomic mass is 16.6. The van der Waals surface area contributed by atoms with Gasteiger partial charge in [0.15, 0.2) is 0 Å². The average Bonchev–Trinajstić information content (AvgIpc) is 2.54. The first kappa shape index (κ1) is 19.4. The van der Waals surface area contributed by atoms with Gasteiger partial charge in [-0.25, -0.2) is 4.79 Å². The Balaban J connectivity index is 2.17. The van der Waals surface area contributed by atoms with Gasteiger partial charge in [0.25, 0.3) is 0 Å². The van der Waals surface area contributed by atoms with Crippen molar-refractivity contribution in [3.05, 3.63) is 23.8 Å². The number of carbonyl (C=O) groups is 1. The largest absolute Gasteiger partial charge is 0.444 e. The molecule has 0 aliphatic carbocycles. The number of nitrogens with zero attached hydrogens (tertiary/aromatic N) is 1. The van der Waals surface area contributed by atoms with Crippen LogP contribution in [0.15, 0.2) is 18.2 Å². The van der Waals surface area contributed by atoms with Crippen molar-refractivity contribution in [3.63, 3.8) is 0 Å². The molecule has 3 N–H and O–H groups in total. The highest BCUT2D eigenvalue weighted by molar-refractivity contribution is 5.70. The van der Waals surface area contributed by atoms with E-state index in [1.807, 2.05) is 50.8 Å². The van der Waals surface area contributed by atoms with E-state index < -0.39 is 5.60 Å². The molecule has 0 saturated carbocycles. The van der Waals surface area contributed by atoms with Crippen molar-refractivity contribution in [2.75, 3.05) is 30.8 Å². The third-order valence-electron chi connectivity index (χ3n) is 4.10. The SMILES string of the molecule is CCNc1ccc(CN(C(=O)OC(C)(C)C)C2CCOCC2)cc1N. The molecule has 0 unspecified atom stereocenters. The van der Waals surface area contributed by atoms with Crippen molar-refractivity contribution in [3.8, 4) is 0 Å². The summed E-state index contributed by atoms with van der Waals surface area (Å²) in [5.74, 6) is 0. The second kappa shape index (κ2) is 8.43. The fraction of sp³-hybridized carbons (Fsp3) is 0.632. The molecule has 0 radical (unpaired) electrons. The maximum atomic E-state index is 12.7. The van der Waals surface area contributed by atoms with Gasteiger partial charge in [-0.15, -0.1) is 0 Å². The molecule has 6 heteroatoms. The molecule has 0 atom stereocenters. The van der Waals surface area contributed by atoms with Gasteiger partial charge >= 0.3 is 6.09 Å². The maximum Gasteiger partial charge on any atom is 0.410 e. The second-order valence-corrected chi connectivity index (χ2v) is 7.40. The smallest absolute Gasteiger partial charge is 0.410 e. The van der Waals surface area contributed by atoms with Crippen molar-refractivity contribution in [2.45, 2.75) is 58.7 Å². The molecule has 0 bridgehead atoms. The van der Waals surface area contributed by atoms with Crippen molar-refractivity contribution in [1.29, 1.82) is 0 Å². The summed E-state index contributed by atoms with van der Waals surface area (Å²) in [5.41, 5.74) is 8.21. The molecular formula is C19H31N3O3. The van der Waals surface area contributed by atoms with Crippen LogP contribution in [0.1, 0.15) is 46.1 Å². The van der Waals surface area contributed by atoms with E-state index in [1.165, 1.54) is 0 Å². The fourth-order valence-corrected chi connectivity index (χ4v) is 2.92. The number of anilines is 2. The zero-order valence-electron chi connectivity index (χ0n) is 15.8. The predicted molar refractivity (Wildman–Crippen MR) is 101 cm³/mol. The highest BCUT2D eigenvalue weighted by Crippen LogP contribution is 2.24. The minimum Gasteiger partial charge on any atom is -0.444 e.